The van der Waals surface area contributed by atoms with Crippen LogP contribution in [0.4, 0.5) is 0 Å². The van der Waals surface area contributed by atoms with Gasteiger partial charge in [0.05, 0.1) is 17.1 Å². The largest absolute Gasteiger partial charge is 0.350 e. The van der Waals surface area contributed by atoms with Gasteiger partial charge in [-0.1, -0.05) is 89.6 Å². The van der Waals surface area contributed by atoms with E-state index in [2.05, 4.69) is 5.32 Å². The number of para-hydroxylation sites is 1. The van der Waals surface area contributed by atoms with Gasteiger partial charge in [-0.3, -0.25) is 9.59 Å². The lowest BCUT2D eigenvalue weighted by molar-refractivity contribution is -0.139. The van der Waals surface area contributed by atoms with Crippen molar-refractivity contribution in [3.63, 3.8) is 0 Å². The van der Waals surface area contributed by atoms with Crippen molar-refractivity contribution in [3.05, 3.63) is 112 Å². The van der Waals surface area contributed by atoms with E-state index in [-0.39, 0.29) is 24.1 Å². The van der Waals surface area contributed by atoms with Crippen LogP contribution in [0.2, 0.25) is 5.02 Å². The summed E-state index contributed by atoms with van der Waals surface area (Å²) in [6, 6.07) is 24.4. The molecule has 1 atom stereocenters. The van der Waals surface area contributed by atoms with Crippen LogP contribution in [-0.4, -0.2) is 32.2 Å². The lowest BCUT2D eigenvalue weighted by Crippen LogP contribution is -2.43. The Hall–Kier alpha value is -3.55. The molecule has 1 aliphatic heterocycles. The Morgan fingerprint density at radius 3 is 2.46 bits per heavy atom. The number of benzene rings is 3. The molecule has 0 unspecified atom stereocenters. The third-order valence-electron chi connectivity index (χ3n) is 6.44. The van der Waals surface area contributed by atoms with Crippen LogP contribution in [-0.2, 0) is 22.7 Å². The van der Waals surface area contributed by atoms with Crippen molar-refractivity contribution in [2.75, 3.05) is 5.75 Å². The molecule has 5 rings (SSSR count). The van der Waals surface area contributed by atoms with Gasteiger partial charge in [-0.25, -0.2) is 4.68 Å². The molecular formula is C29H27ClN4O2S. The maximum Gasteiger partial charge on any atom is 0.247 e. The average Bonchev–Trinajstić information content (AvgIpc) is 3.15. The summed E-state index contributed by atoms with van der Waals surface area (Å²) >= 11 is 7.88. The van der Waals surface area contributed by atoms with Crippen LogP contribution in [0.3, 0.4) is 0 Å². The normalized spacial score (nSPS) is 15.3. The first-order valence-electron chi connectivity index (χ1n) is 12.1. The first-order valence-corrected chi connectivity index (χ1v) is 13.4. The molecule has 1 N–H and O–H groups in total. The Balaban J connectivity index is 1.57. The molecule has 0 fully saturated rings. The van der Waals surface area contributed by atoms with E-state index in [1.807, 2.05) is 91.3 Å². The molecule has 3 aromatic carbocycles. The molecule has 0 bridgehead atoms. The molecule has 4 aromatic rings. The lowest BCUT2D eigenvalue weighted by atomic mass is 10.0. The van der Waals surface area contributed by atoms with E-state index < -0.39 is 6.04 Å². The first-order chi connectivity index (χ1) is 17.9. The number of fused-ring (bicyclic) bond motifs is 1. The Morgan fingerprint density at radius 1 is 1.03 bits per heavy atom. The predicted octanol–water partition coefficient (Wildman–Crippen LogP) is 5.63. The number of amides is 2. The van der Waals surface area contributed by atoms with Crippen molar-refractivity contribution in [1.29, 1.82) is 0 Å². The number of thioether (sulfide) groups is 1. The van der Waals surface area contributed by atoms with Crippen molar-refractivity contribution in [3.8, 4) is 5.69 Å². The predicted molar refractivity (Wildman–Crippen MR) is 147 cm³/mol. The highest BCUT2D eigenvalue weighted by Crippen LogP contribution is 2.40. The fourth-order valence-corrected chi connectivity index (χ4v) is 5.79. The van der Waals surface area contributed by atoms with Crippen LogP contribution in [0.1, 0.15) is 34.0 Å². The number of aromatic nitrogens is 2. The van der Waals surface area contributed by atoms with Crippen molar-refractivity contribution in [2.24, 2.45) is 0 Å². The van der Waals surface area contributed by atoms with E-state index in [0.717, 1.165) is 33.0 Å². The maximum absolute atomic E-state index is 13.9. The zero-order valence-corrected chi connectivity index (χ0v) is 22.2. The number of aryl methyl sites for hydroxylation is 2. The van der Waals surface area contributed by atoms with Crippen molar-refractivity contribution in [1.82, 2.24) is 20.0 Å². The zero-order valence-electron chi connectivity index (χ0n) is 20.6. The van der Waals surface area contributed by atoms with Gasteiger partial charge in [-0.2, -0.15) is 5.10 Å². The summed E-state index contributed by atoms with van der Waals surface area (Å²) in [6.07, 6.45) is 0. The smallest absolute Gasteiger partial charge is 0.247 e. The molecule has 1 aliphatic rings. The van der Waals surface area contributed by atoms with Gasteiger partial charge in [-0.15, -0.1) is 0 Å². The number of carbonyl (C=O) groups excluding carboxylic acids is 2. The molecule has 2 heterocycles. The van der Waals surface area contributed by atoms with Crippen LogP contribution in [0.25, 0.3) is 5.69 Å². The second-order valence-corrected chi connectivity index (χ2v) is 10.4. The van der Waals surface area contributed by atoms with E-state index in [4.69, 9.17) is 16.7 Å². The standard InChI is InChI=1S/C29H27ClN4O2S/c1-19-12-14-21(15-13-19)16-31-28(36)27-26-20(2)32-34(23-9-4-3-5-10-23)29(26)37-18-25(35)33(27)17-22-8-6-7-11-24(22)30/h3-15,27H,16-18H2,1-2H3,(H,31,36)/t27-/m0/s1. The van der Waals surface area contributed by atoms with Gasteiger partial charge in [0.15, 0.2) is 0 Å². The molecule has 0 spiro atoms. The van der Waals surface area contributed by atoms with Crippen LogP contribution >= 0.6 is 23.4 Å². The summed E-state index contributed by atoms with van der Waals surface area (Å²) < 4.78 is 1.84. The second kappa shape index (κ2) is 10.8. The minimum Gasteiger partial charge on any atom is -0.350 e. The summed E-state index contributed by atoms with van der Waals surface area (Å²) in [6.45, 7) is 4.50. The van der Waals surface area contributed by atoms with Crippen molar-refractivity contribution < 1.29 is 9.59 Å². The monoisotopic (exact) mass is 530 g/mol. The molecule has 0 radical (unpaired) electrons. The van der Waals surface area contributed by atoms with Gasteiger partial charge in [0, 0.05) is 23.7 Å². The summed E-state index contributed by atoms with van der Waals surface area (Å²) in [7, 11) is 0. The lowest BCUT2D eigenvalue weighted by Gasteiger charge is -2.30. The summed E-state index contributed by atoms with van der Waals surface area (Å²) in [5.41, 5.74) is 5.26. The van der Waals surface area contributed by atoms with Gasteiger partial charge in [0.1, 0.15) is 11.1 Å². The van der Waals surface area contributed by atoms with Crippen LogP contribution in [0.15, 0.2) is 83.9 Å². The first kappa shape index (κ1) is 25.1. The molecule has 0 aliphatic carbocycles. The minimum absolute atomic E-state index is 0.129. The Morgan fingerprint density at radius 2 is 1.73 bits per heavy atom. The van der Waals surface area contributed by atoms with E-state index in [1.165, 1.54) is 11.8 Å². The Labute approximate surface area is 225 Å². The van der Waals surface area contributed by atoms with Gasteiger partial charge in [0.2, 0.25) is 11.8 Å². The summed E-state index contributed by atoms with van der Waals surface area (Å²) in [4.78, 5) is 29.1. The number of nitrogens with one attached hydrogen (secondary N) is 1. The van der Waals surface area contributed by atoms with Crippen LogP contribution in [0, 0.1) is 13.8 Å². The van der Waals surface area contributed by atoms with Crippen molar-refractivity contribution in [2.45, 2.75) is 38.0 Å². The average molecular weight is 531 g/mol. The third-order valence-corrected chi connectivity index (χ3v) is 7.86. The minimum atomic E-state index is -0.850. The molecule has 0 saturated heterocycles. The molecule has 8 heteroatoms. The fourth-order valence-electron chi connectivity index (χ4n) is 4.48. The molecule has 188 valence electrons. The highest BCUT2D eigenvalue weighted by atomic mass is 35.5. The van der Waals surface area contributed by atoms with E-state index in [1.54, 1.807) is 11.0 Å². The molecule has 1 aromatic heterocycles. The van der Waals surface area contributed by atoms with Gasteiger partial charge >= 0.3 is 0 Å². The molecule has 0 saturated carbocycles. The summed E-state index contributed by atoms with van der Waals surface area (Å²) in [5, 5.41) is 9.23. The highest BCUT2D eigenvalue weighted by molar-refractivity contribution is 8.00. The number of hydrogen-bond acceptors (Lipinski definition) is 4. The number of rotatable bonds is 6. The highest BCUT2D eigenvalue weighted by Gasteiger charge is 2.39. The molecule has 2 amide bonds. The van der Waals surface area contributed by atoms with Gasteiger partial charge in [-0.05, 0) is 43.2 Å². The van der Waals surface area contributed by atoms with Crippen LogP contribution < -0.4 is 5.32 Å². The molecule has 6 nitrogen and oxygen atoms in total. The topological polar surface area (TPSA) is 67.2 Å². The maximum atomic E-state index is 13.9. The second-order valence-electron chi connectivity index (χ2n) is 9.06. The molecular weight excluding hydrogens is 504 g/mol. The summed E-state index contributed by atoms with van der Waals surface area (Å²) in [5.74, 6) is -0.187. The quantitative estimate of drug-likeness (QED) is 0.350. The number of halogens is 1. The zero-order chi connectivity index (χ0) is 25.9. The third kappa shape index (κ3) is 5.29. The Bertz CT molecular complexity index is 1440. The SMILES string of the molecule is Cc1ccc(CNC(=O)[C@@H]2c3c(C)nn(-c4ccccc4)c3SCC(=O)N2Cc2ccccc2Cl)cc1. The van der Waals surface area contributed by atoms with E-state index in [9.17, 15) is 9.59 Å². The van der Waals surface area contributed by atoms with Gasteiger partial charge < -0.3 is 10.2 Å². The van der Waals surface area contributed by atoms with Crippen molar-refractivity contribution >= 4 is 35.2 Å². The number of carbonyl (C=O) groups is 2. The van der Waals surface area contributed by atoms with E-state index in [0.29, 0.717) is 17.3 Å². The fraction of sp³-hybridized carbons (Fsp3) is 0.207. The Kier molecular flexibility index (Phi) is 7.35. The van der Waals surface area contributed by atoms with Gasteiger partial charge in [0.25, 0.3) is 0 Å². The number of hydrogen-bond donors (Lipinski definition) is 1. The number of nitrogens with zero attached hydrogens (tertiary/aromatic N) is 3. The van der Waals surface area contributed by atoms with E-state index >= 15 is 0 Å². The van der Waals surface area contributed by atoms with Crippen LogP contribution in [0.5, 0.6) is 0 Å². The molecule has 37 heavy (non-hydrogen) atoms.